The van der Waals surface area contributed by atoms with Gasteiger partial charge < -0.3 is 14.4 Å². The van der Waals surface area contributed by atoms with Crippen molar-refractivity contribution in [2.75, 3.05) is 19.7 Å². The molecule has 2 aliphatic rings. The Labute approximate surface area is 137 Å². The Balaban J connectivity index is 1.70. The zero-order valence-electron chi connectivity index (χ0n) is 14.6. The number of piperidine rings is 1. The summed E-state index contributed by atoms with van der Waals surface area (Å²) in [6.45, 7) is 10.9. The van der Waals surface area contributed by atoms with Gasteiger partial charge in [0.1, 0.15) is 0 Å². The molecule has 2 aliphatic heterocycles. The quantitative estimate of drug-likeness (QED) is 0.857. The number of carbonyl (C=O) groups is 1. The fourth-order valence-corrected chi connectivity index (χ4v) is 3.61. The normalized spacial score (nSPS) is 23.7. The summed E-state index contributed by atoms with van der Waals surface area (Å²) in [5.41, 5.74) is 2.55. The topological polar surface area (TPSA) is 56.6 Å². The van der Waals surface area contributed by atoms with Crippen molar-refractivity contribution in [2.24, 2.45) is 0 Å². The predicted octanol–water partition coefficient (Wildman–Crippen LogP) is 2.28. The first-order chi connectivity index (χ1) is 11.0. The van der Waals surface area contributed by atoms with Crippen molar-refractivity contribution in [2.45, 2.75) is 65.4 Å². The highest BCUT2D eigenvalue weighted by Crippen LogP contribution is 2.34. The second-order valence-corrected chi connectivity index (χ2v) is 6.71. The van der Waals surface area contributed by atoms with Crippen LogP contribution in [0.3, 0.4) is 0 Å². The molecule has 0 unspecified atom stereocenters. The number of nitrogens with zero attached hydrogens (tertiary/aromatic N) is 3. The van der Waals surface area contributed by atoms with Crippen LogP contribution >= 0.6 is 0 Å². The van der Waals surface area contributed by atoms with Crippen LogP contribution in [0.4, 0.5) is 0 Å². The Morgan fingerprint density at radius 1 is 1.35 bits per heavy atom. The number of rotatable bonds is 3. The van der Waals surface area contributed by atoms with E-state index in [-0.39, 0.29) is 12.0 Å². The number of carbonyl (C=O) groups excluding carboxylic acids is 1. The minimum atomic E-state index is -0.466. The predicted molar refractivity (Wildman–Crippen MR) is 86.4 cm³/mol. The third-order valence-electron chi connectivity index (χ3n) is 4.84. The van der Waals surface area contributed by atoms with Crippen LogP contribution in [-0.2, 0) is 16.0 Å². The highest BCUT2D eigenvalue weighted by Gasteiger charge is 2.43. The molecular formula is C17H27N3O3. The lowest BCUT2D eigenvalue weighted by Gasteiger charge is -2.37. The zero-order chi connectivity index (χ0) is 16.6. The number of aromatic nitrogens is 2. The number of hydrogen-bond donors (Lipinski definition) is 0. The summed E-state index contributed by atoms with van der Waals surface area (Å²) in [5.74, 6) is -0.379. The van der Waals surface area contributed by atoms with Gasteiger partial charge in [0.2, 0.25) is 0 Å². The molecule has 2 saturated heterocycles. The summed E-state index contributed by atoms with van der Waals surface area (Å²) >= 11 is 0. The maximum absolute atomic E-state index is 12.9. The monoisotopic (exact) mass is 321 g/mol. The molecule has 1 spiro atoms. The number of aryl methyl sites for hydroxylation is 2. The molecule has 0 aliphatic carbocycles. The summed E-state index contributed by atoms with van der Waals surface area (Å²) in [6.07, 6.45) is 2.64. The first-order valence-electron chi connectivity index (χ1n) is 8.61. The van der Waals surface area contributed by atoms with Gasteiger partial charge in [-0.25, -0.2) is 0 Å². The lowest BCUT2D eigenvalue weighted by atomic mass is 10.0. The van der Waals surface area contributed by atoms with Crippen molar-refractivity contribution in [3.8, 4) is 0 Å². The molecule has 128 valence electrons. The van der Waals surface area contributed by atoms with E-state index >= 15 is 0 Å². The fourth-order valence-electron chi connectivity index (χ4n) is 3.61. The van der Waals surface area contributed by atoms with Gasteiger partial charge in [-0.3, -0.25) is 9.48 Å². The first kappa shape index (κ1) is 16.5. The molecule has 3 rings (SSSR count). The molecule has 0 saturated carbocycles. The Morgan fingerprint density at radius 3 is 2.61 bits per heavy atom. The van der Waals surface area contributed by atoms with Crippen LogP contribution in [0.1, 0.15) is 54.9 Å². The van der Waals surface area contributed by atoms with Crippen LogP contribution in [0.15, 0.2) is 0 Å². The van der Waals surface area contributed by atoms with Gasteiger partial charge in [0.05, 0.1) is 24.0 Å². The highest BCUT2D eigenvalue weighted by molar-refractivity contribution is 5.96. The van der Waals surface area contributed by atoms with Gasteiger partial charge in [0, 0.05) is 38.2 Å². The van der Waals surface area contributed by atoms with Gasteiger partial charge in [0.25, 0.3) is 5.91 Å². The standard InChI is InChI=1S/C17H27N3O3/c1-5-8-20-14(4)15(13(3)18-20)16(21)19-9-6-17(7-10-19)22-11-12(2)23-17/h12H,5-11H2,1-4H3/t12-/m1/s1. The van der Waals surface area contributed by atoms with Crippen molar-refractivity contribution in [1.82, 2.24) is 14.7 Å². The molecule has 0 radical (unpaired) electrons. The molecule has 3 heterocycles. The van der Waals surface area contributed by atoms with Gasteiger partial charge in [0.15, 0.2) is 5.79 Å². The molecular weight excluding hydrogens is 294 g/mol. The van der Waals surface area contributed by atoms with Crippen LogP contribution in [0, 0.1) is 13.8 Å². The van der Waals surface area contributed by atoms with Gasteiger partial charge in [-0.05, 0) is 27.2 Å². The van der Waals surface area contributed by atoms with Crippen LogP contribution in [0.25, 0.3) is 0 Å². The van der Waals surface area contributed by atoms with Crippen LogP contribution in [-0.4, -0.2) is 52.2 Å². The smallest absolute Gasteiger partial charge is 0.257 e. The molecule has 1 amide bonds. The van der Waals surface area contributed by atoms with E-state index in [1.807, 2.05) is 30.4 Å². The Bertz CT molecular complexity index is 588. The largest absolute Gasteiger partial charge is 0.347 e. The number of ether oxygens (including phenoxy) is 2. The Morgan fingerprint density at radius 2 is 2.04 bits per heavy atom. The summed E-state index contributed by atoms with van der Waals surface area (Å²) in [7, 11) is 0. The summed E-state index contributed by atoms with van der Waals surface area (Å²) in [6, 6.07) is 0. The molecule has 1 aromatic rings. The first-order valence-corrected chi connectivity index (χ1v) is 8.61. The fraction of sp³-hybridized carbons (Fsp3) is 0.765. The van der Waals surface area contributed by atoms with Crippen molar-refractivity contribution in [3.05, 3.63) is 17.0 Å². The van der Waals surface area contributed by atoms with Crippen molar-refractivity contribution in [1.29, 1.82) is 0 Å². The second kappa shape index (κ2) is 6.24. The number of amides is 1. The molecule has 23 heavy (non-hydrogen) atoms. The second-order valence-electron chi connectivity index (χ2n) is 6.71. The molecule has 0 bridgehead atoms. The lowest BCUT2D eigenvalue weighted by Crippen LogP contribution is -2.47. The van der Waals surface area contributed by atoms with E-state index in [1.54, 1.807) is 0 Å². The van der Waals surface area contributed by atoms with E-state index in [4.69, 9.17) is 9.47 Å². The lowest BCUT2D eigenvalue weighted by molar-refractivity contribution is -0.189. The van der Waals surface area contributed by atoms with Gasteiger partial charge in [-0.2, -0.15) is 5.10 Å². The highest BCUT2D eigenvalue weighted by atomic mass is 16.7. The summed E-state index contributed by atoms with van der Waals surface area (Å²) in [5, 5.41) is 4.52. The zero-order valence-corrected chi connectivity index (χ0v) is 14.6. The van der Waals surface area contributed by atoms with E-state index in [0.29, 0.717) is 19.7 Å². The minimum absolute atomic E-state index is 0.0863. The molecule has 0 aromatic carbocycles. The van der Waals surface area contributed by atoms with E-state index in [2.05, 4.69) is 12.0 Å². The third-order valence-corrected chi connectivity index (χ3v) is 4.84. The molecule has 2 fully saturated rings. The molecule has 6 heteroatoms. The van der Waals surface area contributed by atoms with Crippen molar-refractivity contribution >= 4 is 5.91 Å². The average molecular weight is 321 g/mol. The summed E-state index contributed by atoms with van der Waals surface area (Å²) in [4.78, 5) is 14.8. The number of hydrogen-bond acceptors (Lipinski definition) is 4. The SMILES string of the molecule is CCCn1nc(C)c(C(=O)N2CCC3(CC2)OC[C@@H](C)O3)c1C. The van der Waals surface area contributed by atoms with E-state index in [0.717, 1.165) is 42.8 Å². The van der Waals surface area contributed by atoms with Gasteiger partial charge >= 0.3 is 0 Å². The molecule has 6 nitrogen and oxygen atoms in total. The van der Waals surface area contributed by atoms with Crippen LogP contribution in [0.5, 0.6) is 0 Å². The molecule has 1 atom stereocenters. The number of likely N-dealkylation sites (tertiary alicyclic amines) is 1. The maximum atomic E-state index is 12.9. The molecule has 1 aromatic heterocycles. The van der Waals surface area contributed by atoms with Gasteiger partial charge in [-0.15, -0.1) is 0 Å². The van der Waals surface area contributed by atoms with Crippen molar-refractivity contribution < 1.29 is 14.3 Å². The van der Waals surface area contributed by atoms with Gasteiger partial charge in [-0.1, -0.05) is 6.92 Å². The Hall–Kier alpha value is -1.40. The average Bonchev–Trinajstić information content (AvgIpc) is 3.01. The molecule has 0 N–H and O–H groups in total. The third kappa shape index (κ3) is 3.02. The van der Waals surface area contributed by atoms with Crippen molar-refractivity contribution in [3.63, 3.8) is 0 Å². The van der Waals surface area contributed by atoms with E-state index < -0.39 is 5.79 Å². The minimum Gasteiger partial charge on any atom is -0.347 e. The Kier molecular flexibility index (Phi) is 4.47. The van der Waals surface area contributed by atoms with E-state index in [1.165, 1.54) is 0 Å². The van der Waals surface area contributed by atoms with Crippen LogP contribution in [0.2, 0.25) is 0 Å². The van der Waals surface area contributed by atoms with E-state index in [9.17, 15) is 4.79 Å². The maximum Gasteiger partial charge on any atom is 0.257 e. The summed E-state index contributed by atoms with van der Waals surface area (Å²) < 4.78 is 13.7. The van der Waals surface area contributed by atoms with Crippen LogP contribution < -0.4 is 0 Å².